The number of pyridine rings is 2. The first-order valence-electron chi connectivity index (χ1n) is 9.81. The van der Waals surface area contributed by atoms with E-state index in [1.807, 2.05) is 13.8 Å². The van der Waals surface area contributed by atoms with Crippen LogP contribution in [0.15, 0.2) is 42.0 Å². The summed E-state index contributed by atoms with van der Waals surface area (Å²) >= 11 is 1.32. The lowest BCUT2D eigenvalue weighted by molar-refractivity contribution is 0.0651. The molecule has 3 aromatic rings. The smallest absolute Gasteiger partial charge is 0.257 e. The number of amides is 2. The highest BCUT2D eigenvalue weighted by Crippen LogP contribution is 2.25. The number of hydrogen-bond donors (Lipinski definition) is 1. The van der Waals surface area contributed by atoms with Gasteiger partial charge in [0.25, 0.3) is 11.8 Å². The first kappa shape index (κ1) is 20.7. The SMILES string of the molecule is CC(C)Oc1cc(C(=O)Nc2nccs2)cc(Oc2ccc(C(=O)N3CCC3)cn2)n1. The lowest BCUT2D eigenvalue weighted by atomic mass is 10.1. The van der Waals surface area contributed by atoms with Gasteiger partial charge in [0.15, 0.2) is 5.13 Å². The van der Waals surface area contributed by atoms with E-state index in [0.29, 0.717) is 16.3 Å². The molecular formula is C21H21N5O4S. The van der Waals surface area contributed by atoms with Crippen LogP contribution in [0.2, 0.25) is 0 Å². The molecule has 1 saturated heterocycles. The highest BCUT2D eigenvalue weighted by Gasteiger charge is 2.22. The summed E-state index contributed by atoms with van der Waals surface area (Å²) in [6.45, 7) is 5.27. The van der Waals surface area contributed by atoms with Gasteiger partial charge in [0, 0.05) is 49.1 Å². The topological polar surface area (TPSA) is 107 Å². The molecule has 9 nitrogen and oxygen atoms in total. The molecule has 0 aromatic carbocycles. The number of ether oxygens (including phenoxy) is 2. The second-order valence-corrected chi connectivity index (χ2v) is 8.02. The molecule has 1 fully saturated rings. The summed E-state index contributed by atoms with van der Waals surface area (Å²) in [5.74, 6) is 0.245. The van der Waals surface area contributed by atoms with Crippen molar-refractivity contribution >= 4 is 28.3 Å². The van der Waals surface area contributed by atoms with Gasteiger partial charge in [0.2, 0.25) is 17.6 Å². The number of nitrogens with zero attached hydrogens (tertiary/aromatic N) is 4. The molecule has 4 heterocycles. The number of rotatable bonds is 7. The molecule has 0 unspecified atom stereocenters. The van der Waals surface area contributed by atoms with Crippen LogP contribution in [-0.4, -0.2) is 50.9 Å². The van der Waals surface area contributed by atoms with Gasteiger partial charge in [0.05, 0.1) is 17.2 Å². The van der Waals surface area contributed by atoms with E-state index in [-0.39, 0.29) is 35.6 Å². The largest absolute Gasteiger partial charge is 0.475 e. The fraction of sp³-hybridized carbons (Fsp3) is 0.286. The van der Waals surface area contributed by atoms with Crippen molar-refractivity contribution in [2.24, 2.45) is 0 Å². The minimum Gasteiger partial charge on any atom is -0.475 e. The van der Waals surface area contributed by atoms with Crippen molar-refractivity contribution in [1.82, 2.24) is 19.9 Å². The molecule has 0 radical (unpaired) electrons. The Morgan fingerprint density at radius 1 is 1.10 bits per heavy atom. The van der Waals surface area contributed by atoms with Gasteiger partial charge in [-0.2, -0.15) is 4.98 Å². The van der Waals surface area contributed by atoms with Crippen molar-refractivity contribution in [3.8, 4) is 17.6 Å². The van der Waals surface area contributed by atoms with Gasteiger partial charge in [0.1, 0.15) is 0 Å². The van der Waals surface area contributed by atoms with Crippen LogP contribution in [0.4, 0.5) is 5.13 Å². The van der Waals surface area contributed by atoms with Gasteiger partial charge in [-0.15, -0.1) is 11.3 Å². The van der Waals surface area contributed by atoms with Crippen molar-refractivity contribution in [1.29, 1.82) is 0 Å². The van der Waals surface area contributed by atoms with E-state index in [1.54, 1.807) is 28.6 Å². The Labute approximate surface area is 183 Å². The van der Waals surface area contributed by atoms with E-state index in [2.05, 4.69) is 20.3 Å². The zero-order chi connectivity index (χ0) is 21.8. The molecule has 0 atom stereocenters. The lowest BCUT2D eigenvalue weighted by Gasteiger charge is -2.30. The van der Waals surface area contributed by atoms with E-state index in [1.165, 1.54) is 29.7 Å². The fourth-order valence-electron chi connectivity index (χ4n) is 2.80. The summed E-state index contributed by atoms with van der Waals surface area (Å²) in [6, 6.07) is 6.29. The molecule has 1 N–H and O–H groups in total. The molecule has 4 rings (SSSR count). The van der Waals surface area contributed by atoms with Gasteiger partial charge >= 0.3 is 0 Å². The molecule has 31 heavy (non-hydrogen) atoms. The molecule has 0 saturated carbocycles. The van der Waals surface area contributed by atoms with Crippen LogP contribution in [0.1, 0.15) is 41.0 Å². The normalized spacial score (nSPS) is 12.9. The first-order chi connectivity index (χ1) is 15.0. The van der Waals surface area contributed by atoms with Crippen LogP contribution in [-0.2, 0) is 0 Å². The zero-order valence-corrected chi connectivity index (χ0v) is 17.9. The quantitative estimate of drug-likeness (QED) is 0.599. The van der Waals surface area contributed by atoms with Gasteiger partial charge in [-0.05, 0) is 26.3 Å². The number of carbonyl (C=O) groups is 2. The maximum atomic E-state index is 12.6. The Hall–Kier alpha value is -3.53. The van der Waals surface area contributed by atoms with Crippen molar-refractivity contribution in [2.75, 3.05) is 18.4 Å². The summed E-state index contributed by atoms with van der Waals surface area (Å²) in [6.07, 6.45) is 3.97. The second-order valence-electron chi connectivity index (χ2n) is 7.12. The maximum absolute atomic E-state index is 12.6. The second kappa shape index (κ2) is 9.09. The molecule has 1 aliphatic rings. The average Bonchev–Trinajstić information content (AvgIpc) is 3.19. The molecule has 1 aliphatic heterocycles. The third-order valence-corrected chi connectivity index (χ3v) is 5.07. The minimum atomic E-state index is -0.362. The van der Waals surface area contributed by atoms with Crippen molar-refractivity contribution < 1.29 is 19.1 Å². The number of carbonyl (C=O) groups excluding carboxylic acids is 2. The van der Waals surface area contributed by atoms with Gasteiger partial charge in [-0.3, -0.25) is 14.9 Å². The van der Waals surface area contributed by atoms with Crippen molar-refractivity contribution in [2.45, 2.75) is 26.4 Å². The number of anilines is 1. The van der Waals surface area contributed by atoms with Gasteiger partial charge in [-0.1, -0.05) is 0 Å². The summed E-state index contributed by atoms with van der Waals surface area (Å²) in [5.41, 5.74) is 0.806. The number of aromatic nitrogens is 3. The van der Waals surface area contributed by atoms with Crippen LogP contribution in [0, 0.1) is 0 Å². The summed E-state index contributed by atoms with van der Waals surface area (Å²) < 4.78 is 11.4. The highest BCUT2D eigenvalue weighted by atomic mass is 32.1. The zero-order valence-electron chi connectivity index (χ0n) is 17.1. The average molecular weight is 439 g/mol. The van der Waals surface area contributed by atoms with Crippen LogP contribution in [0.3, 0.4) is 0 Å². The molecule has 10 heteroatoms. The Bertz CT molecular complexity index is 1070. The number of nitrogens with one attached hydrogen (secondary N) is 1. The third kappa shape index (κ3) is 5.15. The van der Waals surface area contributed by atoms with Crippen molar-refractivity contribution in [3.05, 3.63) is 53.2 Å². The first-order valence-corrected chi connectivity index (χ1v) is 10.7. The summed E-state index contributed by atoms with van der Waals surface area (Å²) in [5, 5.41) is 4.98. The Balaban J connectivity index is 1.53. The molecule has 0 aliphatic carbocycles. The molecule has 3 aromatic heterocycles. The van der Waals surface area contributed by atoms with E-state index in [9.17, 15) is 9.59 Å². The molecular weight excluding hydrogens is 418 g/mol. The predicted octanol–water partition coefficient (Wildman–Crippen LogP) is 3.61. The molecule has 0 spiro atoms. The monoisotopic (exact) mass is 439 g/mol. The van der Waals surface area contributed by atoms with Gasteiger partial charge in [-0.25, -0.2) is 9.97 Å². The fourth-order valence-corrected chi connectivity index (χ4v) is 3.32. The lowest BCUT2D eigenvalue weighted by Crippen LogP contribution is -2.42. The Morgan fingerprint density at radius 3 is 2.52 bits per heavy atom. The van der Waals surface area contributed by atoms with E-state index in [0.717, 1.165) is 19.5 Å². The van der Waals surface area contributed by atoms with E-state index in [4.69, 9.17) is 9.47 Å². The van der Waals surface area contributed by atoms with Crippen LogP contribution < -0.4 is 14.8 Å². The predicted molar refractivity (Wildman–Crippen MR) is 115 cm³/mol. The summed E-state index contributed by atoms with van der Waals surface area (Å²) in [7, 11) is 0. The molecule has 2 amide bonds. The van der Waals surface area contributed by atoms with Gasteiger partial charge < -0.3 is 14.4 Å². The molecule has 0 bridgehead atoms. The third-order valence-electron chi connectivity index (χ3n) is 4.39. The highest BCUT2D eigenvalue weighted by molar-refractivity contribution is 7.13. The Kier molecular flexibility index (Phi) is 6.08. The Morgan fingerprint density at radius 2 is 1.90 bits per heavy atom. The number of thiazole rings is 1. The van der Waals surface area contributed by atoms with Crippen LogP contribution >= 0.6 is 11.3 Å². The molecule has 160 valence electrons. The van der Waals surface area contributed by atoms with E-state index < -0.39 is 0 Å². The minimum absolute atomic E-state index is 0.0445. The summed E-state index contributed by atoms with van der Waals surface area (Å²) in [4.78, 5) is 39.2. The number of likely N-dealkylation sites (tertiary alicyclic amines) is 1. The standard InChI is InChI=1S/C21H21N5O4S/c1-13(2)29-17-10-15(19(27)25-21-22-6-9-31-21)11-18(24-17)30-16-5-4-14(12-23-16)20(28)26-7-3-8-26/h4-6,9-13H,3,7-8H2,1-2H3,(H,22,25,27). The maximum Gasteiger partial charge on any atom is 0.257 e. The van der Waals surface area contributed by atoms with E-state index >= 15 is 0 Å². The number of hydrogen-bond acceptors (Lipinski definition) is 8. The van der Waals surface area contributed by atoms with Crippen LogP contribution in [0.5, 0.6) is 17.6 Å². The van der Waals surface area contributed by atoms with Crippen molar-refractivity contribution in [3.63, 3.8) is 0 Å². The van der Waals surface area contributed by atoms with Crippen LogP contribution in [0.25, 0.3) is 0 Å².